The first-order valence-electron chi connectivity index (χ1n) is 8.78. The second kappa shape index (κ2) is 5.73. The second-order valence-electron chi connectivity index (χ2n) is 8.07. The molecule has 2 heteroatoms. The van der Waals surface area contributed by atoms with Crippen molar-refractivity contribution in [2.45, 2.75) is 34.1 Å². The Morgan fingerprint density at radius 2 is 1.80 bits per heavy atom. The van der Waals surface area contributed by atoms with Crippen LogP contribution < -0.4 is 0 Å². The number of hydrogen-bond donors (Lipinski definition) is 0. The lowest BCUT2D eigenvalue weighted by atomic mass is 9.88. The molecular weight excluding hydrogens is 306 g/mol. The summed E-state index contributed by atoms with van der Waals surface area (Å²) in [6.45, 7) is 8.89. The van der Waals surface area contributed by atoms with Gasteiger partial charge in [0.25, 0.3) is 0 Å². The average molecular weight is 329 g/mol. The van der Waals surface area contributed by atoms with Crippen LogP contribution in [0.15, 0.2) is 59.1 Å². The summed E-state index contributed by atoms with van der Waals surface area (Å²) in [6, 6.07) is 16.9. The van der Waals surface area contributed by atoms with E-state index in [4.69, 9.17) is 4.42 Å². The molecule has 0 saturated heterocycles. The van der Waals surface area contributed by atoms with Crippen LogP contribution in [-0.2, 0) is 6.42 Å². The van der Waals surface area contributed by atoms with Crippen molar-refractivity contribution in [1.82, 2.24) is 4.98 Å². The number of aryl methyl sites for hydroxylation is 1. The number of para-hydroxylation sites is 1. The third-order valence-corrected chi connectivity index (χ3v) is 4.49. The maximum absolute atomic E-state index is 6.19. The number of fused-ring (bicyclic) bond motifs is 3. The maximum atomic E-state index is 6.19. The first-order valence-corrected chi connectivity index (χ1v) is 8.78. The zero-order chi connectivity index (χ0) is 17.6. The van der Waals surface area contributed by atoms with Crippen molar-refractivity contribution in [3.63, 3.8) is 0 Å². The van der Waals surface area contributed by atoms with Crippen LogP contribution in [-0.4, -0.2) is 4.98 Å². The highest BCUT2D eigenvalue weighted by atomic mass is 16.3. The normalized spacial score (nSPS) is 12.2. The van der Waals surface area contributed by atoms with Crippen molar-refractivity contribution in [2.75, 3.05) is 0 Å². The molecule has 0 aliphatic heterocycles. The van der Waals surface area contributed by atoms with Crippen LogP contribution in [0.5, 0.6) is 0 Å². The van der Waals surface area contributed by atoms with Gasteiger partial charge in [-0.2, -0.15) is 0 Å². The van der Waals surface area contributed by atoms with Gasteiger partial charge in [-0.3, -0.25) is 4.98 Å². The average Bonchev–Trinajstić information content (AvgIpc) is 2.91. The largest absolute Gasteiger partial charge is 0.455 e. The van der Waals surface area contributed by atoms with E-state index in [-0.39, 0.29) is 5.41 Å². The van der Waals surface area contributed by atoms with Gasteiger partial charge < -0.3 is 4.42 Å². The van der Waals surface area contributed by atoms with Crippen LogP contribution in [0.1, 0.15) is 31.9 Å². The number of rotatable bonds is 2. The van der Waals surface area contributed by atoms with Crippen LogP contribution in [0.4, 0.5) is 0 Å². The predicted octanol–water partition coefficient (Wildman–Crippen LogP) is 6.55. The molecule has 2 heterocycles. The molecule has 0 radical (unpaired) electrons. The minimum atomic E-state index is 0.252. The second-order valence-corrected chi connectivity index (χ2v) is 8.07. The quantitative estimate of drug-likeness (QED) is 0.417. The van der Waals surface area contributed by atoms with Gasteiger partial charge in [0.15, 0.2) is 0 Å². The van der Waals surface area contributed by atoms with E-state index in [1.165, 1.54) is 16.5 Å². The van der Waals surface area contributed by atoms with Crippen molar-refractivity contribution in [2.24, 2.45) is 5.41 Å². The number of hydrogen-bond acceptors (Lipinski definition) is 2. The molecule has 0 atom stereocenters. The summed E-state index contributed by atoms with van der Waals surface area (Å²) < 4.78 is 6.19. The van der Waals surface area contributed by atoms with Crippen molar-refractivity contribution in [1.29, 1.82) is 0 Å². The van der Waals surface area contributed by atoms with Gasteiger partial charge in [0.2, 0.25) is 0 Å². The van der Waals surface area contributed by atoms with E-state index in [1.807, 2.05) is 6.20 Å². The zero-order valence-corrected chi connectivity index (χ0v) is 15.3. The lowest BCUT2D eigenvalue weighted by Crippen LogP contribution is -2.09. The number of aromatic nitrogens is 1. The van der Waals surface area contributed by atoms with E-state index in [9.17, 15) is 0 Å². The monoisotopic (exact) mass is 329 g/mol. The highest BCUT2D eigenvalue weighted by molar-refractivity contribution is 6.09. The Labute approximate surface area is 148 Å². The molecule has 4 aromatic rings. The SMILES string of the molecule is Cc1ccc2oc3c(-c4cc(CC(C)(C)C)ccn4)cccc3c2c1. The lowest BCUT2D eigenvalue weighted by Gasteiger charge is -2.18. The molecule has 0 aliphatic rings. The number of nitrogens with zero attached hydrogens (tertiary/aromatic N) is 1. The summed E-state index contributed by atoms with van der Waals surface area (Å²) in [5, 5.41) is 2.32. The first-order chi connectivity index (χ1) is 11.9. The van der Waals surface area contributed by atoms with Crippen molar-refractivity contribution < 1.29 is 4.42 Å². The minimum Gasteiger partial charge on any atom is -0.455 e. The molecule has 0 N–H and O–H groups in total. The number of pyridine rings is 1. The Kier molecular flexibility index (Phi) is 3.64. The Balaban J connectivity index is 1.90. The number of benzene rings is 2. The molecule has 126 valence electrons. The third kappa shape index (κ3) is 3.05. The van der Waals surface area contributed by atoms with Gasteiger partial charge >= 0.3 is 0 Å². The third-order valence-electron chi connectivity index (χ3n) is 4.49. The fourth-order valence-electron chi connectivity index (χ4n) is 3.46. The first kappa shape index (κ1) is 15.9. The summed E-state index contributed by atoms with van der Waals surface area (Å²) >= 11 is 0. The van der Waals surface area contributed by atoms with Gasteiger partial charge in [0.05, 0.1) is 5.69 Å². The fraction of sp³-hybridized carbons (Fsp3) is 0.261. The Morgan fingerprint density at radius 3 is 2.60 bits per heavy atom. The molecular formula is C23H23NO. The smallest absolute Gasteiger partial charge is 0.144 e. The fourth-order valence-corrected chi connectivity index (χ4v) is 3.46. The van der Waals surface area contributed by atoms with Gasteiger partial charge in [-0.05, 0) is 54.7 Å². The highest BCUT2D eigenvalue weighted by Crippen LogP contribution is 2.35. The van der Waals surface area contributed by atoms with Crippen LogP contribution in [0.25, 0.3) is 33.2 Å². The van der Waals surface area contributed by atoms with Crippen LogP contribution in [0.2, 0.25) is 0 Å². The molecule has 0 amide bonds. The molecule has 2 aromatic carbocycles. The Bertz CT molecular complexity index is 1070. The minimum absolute atomic E-state index is 0.252. The lowest BCUT2D eigenvalue weighted by molar-refractivity contribution is 0.411. The summed E-state index contributed by atoms with van der Waals surface area (Å²) in [5.41, 5.74) is 6.68. The van der Waals surface area contributed by atoms with E-state index in [2.05, 4.69) is 81.2 Å². The van der Waals surface area contributed by atoms with Gasteiger partial charge in [-0.15, -0.1) is 0 Å². The Hall–Kier alpha value is -2.61. The van der Waals surface area contributed by atoms with Crippen molar-refractivity contribution >= 4 is 21.9 Å². The van der Waals surface area contributed by atoms with Gasteiger partial charge in [-0.25, -0.2) is 0 Å². The Morgan fingerprint density at radius 1 is 0.960 bits per heavy atom. The molecule has 0 spiro atoms. The van der Waals surface area contributed by atoms with E-state index < -0.39 is 0 Å². The standard InChI is InChI=1S/C23H23NO/c1-15-8-9-21-19(12-15)17-6-5-7-18(22(17)25-21)20-13-16(10-11-24-20)14-23(2,3)4/h5-13H,14H2,1-4H3. The van der Waals surface area contributed by atoms with Gasteiger partial charge in [-0.1, -0.05) is 44.5 Å². The molecule has 25 heavy (non-hydrogen) atoms. The predicted molar refractivity (Wildman–Crippen MR) is 105 cm³/mol. The van der Waals surface area contributed by atoms with E-state index >= 15 is 0 Å². The molecule has 4 rings (SSSR count). The summed E-state index contributed by atoms with van der Waals surface area (Å²) in [5.74, 6) is 0. The van der Waals surface area contributed by atoms with Crippen molar-refractivity contribution in [3.8, 4) is 11.3 Å². The topological polar surface area (TPSA) is 26.0 Å². The molecule has 0 unspecified atom stereocenters. The maximum Gasteiger partial charge on any atom is 0.144 e. The summed E-state index contributed by atoms with van der Waals surface area (Å²) in [6.07, 6.45) is 2.93. The summed E-state index contributed by atoms with van der Waals surface area (Å²) in [7, 11) is 0. The number of furan rings is 1. The van der Waals surface area contributed by atoms with Gasteiger partial charge in [0, 0.05) is 22.5 Å². The van der Waals surface area contributed by atoms with E-state index in [0.29, 0.717) is 0 Å². The van der Waals surface area contributed by atoms with Crippen LogP contribution >= 0.6 is 0 Å². The van der Waals surface area contributed by atoms with Crippen LogP contribution in [0.3, 0.4) is 0 Å². The van der Waals surface area contributed by atoms with Crippen molar-refractivity contribution in [3.05, 3.63) is 65.9 Å². The molecule has 0 bridgehead atoms. The van der Waals surface area contributed by atoms with Crippen LogP contribution in [0, 0.1) is 12.3 Å². The highest BCUT2D eigenvalue weighted by Gasteiger charge is 2.15. The van der Waals surface area contributed by atoms with E-state index in [0.717, 1.165) is 34.2 Å². The summed E-state index contributed by atoms with van der Waals surface area (Å²) in [4.78, 5) is 4.62. The molecule has 0 aliphatic carbocycles. The van der Waals surface area contributed by atoms with E-state index in [1.54, 1.807) is 0 Å². The molecule has 2 nitrogen and oxygen atoms in total. The molecule has 2 aromatic heterocycles. The molecule has 0 fully saturated rings. The molecule has 0 saturated carbocycles. The van der Waals surface area contributed by atoms with Gasteiger partial charge in [0.1, 0.15) is 11.2 Å². The zero-order valence-electron chi connectivity index (χ0n) is 15.3.